The largest absolute Gasteiger partial charge is 0.488 e. The van der Waals surface area contributed by atoms with Crippen molar-refractivity contribution in [2.75, 3.05) is 0 Å². The quantitative estimate of drug-likeness (QED) is 0.580. The van der Waals surface area contributed by atoms with Gasteiger partial charge in [0.05, 0.1) is 9.90 Å². The summed E-state index contributed by atoms with van der Waals surface area (Å²) in [5, 5.41) is 0.771. The number of para-hydroxylation sites is 1. The molecule has 0 saturated carbocycles. The van der Waals surface area contributed by atoms with E-state index in [1.165, 1.54) is 11.5 Å². The molecule has 112 valence electrons. The maximum atomic E-state index is 6.01. The van der Waals surface area contributed by atoms with E-state index in [-0.39, 0.29) is 0 Å². The molecular formula is C16H11Cl2NO2S. The maximum absolute atomic E-state index is 6.01. The van der Waals surface area contributed by atoms with E-state index in [4.69, 9.17) is 32.7 Å². The molecule has 0 N–H and O–H groups in total. The summed E-state index contributed by atoms with van der Waals surface area (Å²) in [6.07, 6.45) is 0. The fourth-order valence-electron chi connectivity index (χ4n) is 1.76. The van der Waals surface area contributed by atoms with Gasteiger partial charge >= 0.3 is 0 Å². The molecule has 0 spiro atoms. The number of nitrogens with zero attached hydrogens (tertiary/aromatic N) is 1. The van der Waals surface area contributed by atoms with Crippen molar-refractivity contribution in [1.82, 2.24) is 4.37 Å². The van der Waals surface area contributed by atoms with E-state index >= 15 is 0 Å². The highest BCUT2D eigenvalue weighted by atomic mass is 35.5. The molecule has 0 saturated heterocycles. The molecule has 3 nitrogen and oxygen atoms in total. The van der Waals surface area contributed by atoms with E-state index in [1.807, 2.05) is 54.6 Å². The van der Waals surface area contributed by atoms with Gasteiger partial charge in [-0.3, -0.25) is 0 Å². The highest BCUT2D eigenvalue weighted by molar-refractivity contribution is 7.06. The maximum Gasteiger partial charge on any atom is 0.161 e. The monoisotopic (exact) mass is 351 g/mol. The molecule has 22 heavy (non-hydrogen) atoms. The van der Waals surface area contributed by atoms with Gasteiger partial charge in [-0.2, -0.15) is 4.37 Å². The molecular weight excluding hydrogens is 341 g/mol. The standard InChI is InChI=1S/C16H11Cl2NO2S/c17-15-14(22-19-16(15)18)10-20-11-6-8-13(9-7-11)21-12-4-2-1-3-5-12/h1-9H,10H2. The van der Waals surface area contributed by atoms with Gasteiger partial charge in [0.25, 0.3) is 0 Å². The van der Waals surface area contributed by atoms with Crippen molar-refractivity contribution in [3.05, 3.63) is 69.7 Å². The Hall–Kier alpha value is -1.75. The number of ether oxygens (including phenoxy) is 2. The summed E-state index contributed by atoms with van der Waals surface area (Å²) in [7, 11) is 0. The molecule has 6 heteroatoms. The minimum Gasteiger partial charge on any atom is -0.488 e. The van der Waals surface area contributed by atoms with E-state index in [0.717, 1.165) is 22.1 Å². The summed E-state index contributed by atoms with van der Waals surface area (Å²) >= 11 is 13.0. The van der Waals surface area contributed by atoms with Crippen LogP contribution in [0.15, 0.2) is 54.6 Å². The zero-order valence-electron chi connectivity index (χ0n) is 11.3. The van der Waals surface area contributed by atoms with Crippen LogP contribution in [0.1, 0.15) is 4.88 Å². The van der Waals surface area contributed by atoms with Gasteiger partial charge in [-0.05, 0) is 47.9 Å². The third kappa shape index (κ3) is 3.71. The number of rotatable bonds is 5. The van der Waals surface area contributed by atoms with Gasteiger partial charge in [0.1, 0.15) is 23.9 Å². The molecule has 2 aromatic carbocycles. The lowest BCUT2D eigenvalue weighted by atomic mass is 10.3. The zero-order chi connectivity index (χ0) is 15.4. The van der Waals surface area contributed by atoms with Crippen LogP contribution >= 0.6 is 34.7 Å². The van der Waals surface area contributed by atoms with Gasteiger partial charge in [-0.25, -0.2) is 0 Å². The first-order valence-electron chi connectivity index (χ1n) is 6.47. The predicted octanol–water partition coefficient (Wildman–Crippen LogP) is 5.82. The number of hydrogen-bond acceptors (Lipinski definition) is 4. The van der Waals surface area contributed by atoms with Gasteiger partial charge in [0, 0.05) is 0 Å². The summed E-state index contributed by atoms with van der Waals surface area (Å²) in [4.78, 5) is 0.802. The lowest BCUT2D eigenvalue weighted by molar-refractivity contribution is 0.309. The van der Waals surface area contributed by atoms with Crippen LogP contribution in [0.5, 0.6) is 17.2 Å². The van der Waals surface area contributed by atoms with Crippen LogP contribution in [0.4, 0.5) is 0 Å². The van der Waals surface area contributed by atoms with Crippen LogP contribution in [-0.2, 0) is 6.61 Å². The summed E-state index contributed by atoms with van der Waals surface area (Å²) in [6.45, 7) is 0.335. The molecule has 0 radical (unpaired) electrons. The van der Waals surface area contributed by atoms with Gasteiger partial charge in [-0.15, -0.1) is 0 Å². The first-order chi connectivity index (χ1) is 10.7. The van der Waals surface area contributed by atoms with Gasteiger partial charge in [0.2, 0.25) is 0 Å². The Morgan fingerprint density at radius 3 is 2.14 bits per heavy atom. The Kier molecular flexibility index (Phi) is 4.83. The smallest absolute Gasteiger partial charge is 0.161 e. The molecule has 0 aliphatic heterocycles. The lowest BCUT2D eigenvalue weighted by Crippen LogP contribution is -1.93. The average molecular weight is 352 g/mol. The second-order valence-corrected chi connectivity index (χ2v) is 5.98. The molecule has 0 amide bonds. The highest BCUT2D eigenvalue weighted by Crippen LogP contribution is 2.30. The molecule has 0 aliphatic carbocycles. The topological polar surface area (TPSA) is 31.4 Å². The van der Waals surface area contributed by atoms with Crippen LogP contribution in [0.25, 0.3) is 0 Å². The van der Waals surface area contributed by atoms with Crippen LogP contribution in [0, 0.1) is 0 Å². The molecule has 0 atom stereocenters. The van der Waals surface area contributed by atoms with Crippen molar-refractivity contribution in [2.24, 2.45) is 0 Å². The van der Waals surface area contributed by atoms with E-state index < -0.39 is 0 Å². The molecule has 0 unspecified atom stereocenters. The van der Waals surface area contributed by atoms with E-state index in [9.17, 15) is 0 Å². The second kappa shape index (κ2) is 7.01. The first-order valence-corrected chi connectivity index (χ1v) is 8.00. The van der Waals surface area contributed by atoms with Crippen LogP contribution in [0.3, 0.4) is 0 Å². The van der Waals surface area contributed by atoms with Crippen molar-refractivity contribution in [3.63, 3.8) is 0 Å². The Morgan fingerprint density at radius 2 is 1.50 bits per heavy atom. The van der Waals surface area contributed by atoms with Crippen LogP contribution in [0.2, 0.25) is 10.2 Å². The highest BCUT2D eigenvalue weighted by Gasteiger charge is 2.10. The Bertz CT molecular complexity index is 745. The molecule has 3 rings (SSSR count). The summed E-state index contributed by atoms with van der Waals surface area (Å²) in [5.74, 6) is 2.26. The molecule has 0 aliphatic rings. The van der Waals surface area contributed by atoms with Crippen molar-refractivity contribution in [1.29, 1.82) is 0 Å². The SMILES string of the molecule is Clc1nsc(COc2ccc(Oc3ccccc3)cc2)c1Cl. The third-order valence-electron chi connectivity index (χ3n) is 2.83. The number of benzene rings is 2. The van der Waals surface area contributed by atoms with Gasteiger partial charge in [0.15, 0.2) is 5.15 Å². The minimum atomic E-state index is 0.317. The van der Waals surface area contributed by atoms with Gasteiger partial charge in [-0.1, -0.05) is 41.4 Å². The number of aromatic nitrogens is 1. The van der Waals surface area contributed by atoms with E-state index in [2.05, 4.69) is 4.37 Å². The molecule has 1 heterocycles. The lowest BCUT2D eigenvalue weighted by Gasteiger charge is -2.08. The Balaban J connectivity index is 1.61. The normalized spacial score (nSPS) is 10.5. The summed E-state index contributed by atoms with van der Waals surface area (Å²) in [6, 6.07) is 17.0. The van der Waals surface area contributed by atoms with E-state index in [0.29, 0.717) is 16.8 Å². The van der Waals surface area contributed by atoms with Crippen LogP contribution < -0.4 is 9.47 Å². The van der Waals surface area contributed by atoms with Crippen molar-refractivity contribution in [3.8, 4) is 17.2 Å². The van der Waals surface area contributed by atoms with Crippen molar-refractivity contribution < 1.29 is 9.47 Å². The average Bonchev–Trinajstić information content (AvgIpc) is 2.87. The van der Waals surface area contributed by atoms with Crippen molar-refractivity contribution >= 4 is 34.7 Å². The summed E-state index contributed by atoms with van der Waals surface area (Å²) < 4.78 is 15.3. The zero-order valence-corrected chi connectivity index (χ0v) is 13.7. The second-order valence-electron chi connectivity index (χ2n) is 4.39. The Labute approximate surface area is 142 Å². The summed E-state index contributed by atoms with van der Waals surface area (Å²) in [5.41, 5.74) is 0. The number of hydrogen-bond donors (Lipinski definition) is 0. The Morgan fingerprint density at radius 1 is 0.864 bits per heavy atom. The molecule has 1 aromatic heterocycles. The van der Waals surface area contributed by atoms with Gasteiger partial charge < -0.3 is 9.47 Å². The fourth-order valence-corrected chi connectivity index (χ4v) is 2.85. The third-order valence-corrected chi connectivity index (χ3v) is 4.64. The molecule has 0 bridgehead atoms. The molecule has 3 aromatic rings. The fraction of sp³-hybridized carbons (Fsp3) is 0.0625. The van der Waals surface area contributed by atoms with E-state index in [1.54, 1.807) is 0 Å². The first kappa shape index (κ1) is 15.2. The predicted molar refractivity (Wildman–Crippen MR) is 89.4 cm³/mol. The molecule has 0 fully saturated rings. The van der Waals surface area contributed by atoms with Crippen LogP contribution in [-0.4, -0.2) is 4.37 Å². The van der Waals surface area contributed by atoms with Crippen molar-refractivity contribution in [2.45, 2.75) is 6.61 Å². The minimum absolute atomic E-state index is 0.317. The number of halogens is 2.